The van der Waals surface area contributed by atoms with E-state index in [2.05, 4.69) is 21.9 Å². The van der Waals surface area contributed by atoms with E-state index in [1.54, 1.807) is 6.08 Å². The smallest absolute Gasteiger partial charge is 0.336 e. The van der Waals surface area contributed by atoms with Gasteiger partial charge in [-0.2, -0.15) is 0 Å². The largest absolute Gasteiger partial charge is 0.467 e. The number of carbonyl (C=O) groups excluding carboxylic acids is 2. The van der Waals surface area contributed by atoms with Gasteiger partial charge < -0.3 is 20.5 Å². The first kappa shape index (κ1) is 13.6. The van der Waals surface area contributed by atoms with Crippen LogP contribution in [0.3, 0.4) is 0 Å². The molecule has 0 saturated carbocycles. The van der Waals surface area contributed by atoms with E-state index in [-0.39, 0.29) is 19.0 Å². The highest BCUT2D eigenvalue weighted by molar-refractivity contribution is 5.80. The second-order valence-electron chi connectivity index (χ2n) is 2.76. The molecule has 0 saturated heterocycles. The summed E-state index contributed by atoms with van der Waals surface area (Å²) in [6, 6.07) is 0. The lowest BCUT2D eigenvalue weighted by molar-refractivity contribution is -0.150. The number of carbonyl (C=O) groups is 2. The van der Waals surface area contributed by atoms with Crippen LogP contribution in [-0.4, -0.2) is 49.8 Å². The van der Waals surface area contributed by atoms with Crippen molar-refractivity contribution in [3.63, 3.8) is 0 Å². The number of aliphatic hydroxyl groups is 1. The molecule has 1 unspecified atom stereocenters. The number of ether oxygens (including phenoxy) is 1. The second-order valence-corrected chi connectivity index (χ2v) is 2.76. The molecule has 1 atom stereocenters. The quantitative estimate of drug-likeness (QED) is 0.271. The van der Waals surface area contributed by atoms with Gasteiger partial charge in [-0.25, -0.2) is 4.79 Å². The molecule has 0 aromatic carbocycles. The zero-order valence-corrected chi connectivity index (χ0v) is 8.66. The highest BCUT2D eigenvalue weighted by Crippen LogP contribution is 1.84. The van der Waals surface area contributed by atoms with Gasteiger partial charge in [0.25, 0.3) is 0 Å². The number of methoxy groups -OCH3 is 1. The Balaban J connectivity index is 3.61. The number of hydrogen-bond donors (Lipinski definition) is 3. The van der Waals surface area contributed by atoms with Gasteiger partial charge in [0, 0.05) is 6.54 Å². The summed E-state index contributed by atoms with van der Waals surface area (Å²) >= 11 is 0. The third kappa shape index (κ3) is 6.64. The molecule has 0 aliphatic carbocycles. The SMILES string of the molecule is C=CCNCC(=O)NCC(O)C(=O)OC. The zero-order valence-electron chi connectivity index (χ0n) is 8.66. The molecule has 0 aliphatic heterocycles. The normalized spacial score (nSPS) is 11.6. The van der Waals surface area contributed by atoms with Gasteiger partial charge in [0.05, 0.1) is 20.2 Å². The van der Waals surface area contributed by atoms with E-state index in [4.69, 9.17) is 5.11 Å². The minimum Gasteiger partial charge on any atom is -0.467 e. The second kappa shape index (κ2) is 7.95. The minimum atomic E-state index is -1.32. The first-order valence-corrected chi connectivity index (χ1v) is 4.46. The predicted octanol–water partition coefficient (Wildman–Crippen LogP) is -1.59. The standard InChI is InChI=1S/C9H16N2O4/c1-3-4-10-6-8(13)11-5-7(12)9(14)15-2/h3,7,10,12H,1,4-6H2,2H3,(H,11,13). The Labute approximate surface area is 88.3 Å². The highest BCUT2D eigenvalue weighted by atomic mass is 16.5. The van der Waals surface area contributed by atoms with Crippen molar-refractivity contribution in [2.75, 3.05) is 26.7 Å². The molecule has 0 aromatic rings. The minimum absolute atomic E-state index is 0.111. The number of amides is 1. The average molecular weight is 216 g/mol. The Kier molecular flexibility index (Phi) is 7.21. The summed E-state index contributed by atoms with van der Waals surface area (Å²) in [5.74, 6) is -1.07. The summed E-state index contributed by atoms with van der Waals surface area (Å²) in [5.41, 5.74) is 0. The molecule has 1 amide bonds. The van der Waals surface area contributed by atoms with Crippen molar-refractivity contribution < 1.29 is 19.4 Å². The fraction of sp³-hybridized carbons (Fsp3) is 0.556. The van der Waals surface area contributed by atoms with Crippen molar-refractivity contribution in [1.82, 2.24) is 10.6 Å². The fourth-order valence-electron chi connectivity index (χ4n) is 0.780. The predicted molar refractivity (Wildman–Crippen MR) is 54.1 cm³/mol. The Morgan fingerprint density at radius 2 is 2.27 bits per heavy atom. The molecule has 0 radical (unpaired) electrons. The first-order valence-electron chi connectivity index (χ1n) is 4.46. The molecule has 0 fully saturated rings. The molecular weight excluding hydrogens is 200 g/mol. The molecule has 6 nitrogen and oxygen atoms in total. The van der Waals surface area contributed by atoms with Crippen LogP contribution in [0, 0.1) is 0 Å². The molecule has 0 aliphatic rings. The topological polar surface area (TPSA) is 87.7 Å². The Bertz CT molecular complexity index is 230. The van der Waals surface area contributed by atoms with Crippen LogP contribution in [0.1, 0.15) is 0 Å². The summed E-state index contributed by atoms with van der Waals surface area (Å²) < 4.78 is 4.27. The van der Waals surface area contributed by atoms with E-state index in [9.17, 15) is 9.59 Å². The van der Waals surface area contributed by atoms with Crippen LogP contribution in [0.2, 0.25) is 0 Å². The number of aliphatic hydroxyl groups excluding tert-OH is 1. The Morgan fingerprint density at radius 3 is 2.80 bits per heavy atom. The molecule has 0 bridgehead atoms. The number of nitrogens with one attached hydrogen (secondary N) is 2. The average Bonchev–Trinajstić information content (AvgIpc) is 2.25. The lowest BCUT2D eigenvalue weighted by atomic mass is 10.3. The van der Waals surface area contributed by atoms with E-state index < -0.39 is 12.1 Å². The maximum Gasteiger partial charge on any atom is 0.336 e. The summed E-state index contributed by atoms with van der Waals surface area (Å²) in [4.78, 5) is 21.8. The van der Waals surface area contributed by atoms with Gasteiger partial charge in [0.2, 0.25) is 5.91 Å². The molecule has 0 rings (SSSR count). The summed E-state index contributed by atoms with van der Waals surface area (Å²) in [5, 5.41) is 14.3. The number of esters is 1. The van der Waals surface area contributed by atoms with Gasteiger partial charge in [0.1, 0.15) is 0 Å². The van der Waals surface area contributed by atoms with Crippen LogP contribution >= 0.6 is 0 Å². The summed E-state index contributed by atoms with van der Waals surface area (Å²) in [6.07, 6.45) is 0.301. The van der Waals surface area contributed by atoms with Gasteiger partial charge in [-0.15, -0.1) is 6.58 Å². The van der Waals surface area contributed by atoms with Gasteiger partial charge in [-0.1, -0.05) is 6.08 Å². The van der Waals surface area contributed by atoms with Crippen molar-refractivity contribution in [1.29, 1.82) is 0 Å². The van der Waals surface area contributed by atoms with E-state index in [0.717, 1.165) is 0 Å². The van der Waals surface area contributed by atoms with Crippen LogP contribution < -0.4 is 10.6 Å². The monoisotopic (exact) mass is 216 g/mol. The lowest BCUT2D eigenvalue weighted by Gasteiger charge is -2.09. The maximum absolute atomic E-state index is 11.1. The van der Waals surface area contributed by atoms with E-state index in [1.807, 2.05) is 0 Å². The van der Waals surface area contributed by atoms with Crippen molar-refractivity contribution in [3.05, 3.63) is 12.7 Å². The van der Waals surface area contributed by atoms with Gasteiger partial charge in [0.15, 0.2) is 6.10 Å². The maximum atomic E-state index is 11.1. The zero-order chi connectivity index (χ0) is 11.7. The van der Waals surface area contributed by atoms with E-state index in [1.165, 1.54) is 7.11 Å². The molecule has 0 spiro atoms. The fourth-order valence-corrected chi connectivity index (χ4v) is 0.780. The van der Waals surface area contributed by atoms with E-state index in [0.29, 0.717) is 6.54 Å². The first-order chi connectivity index (χ1) is 7.11. The molecule has 3 N–H and O–H groups in total. The van der Waals surface area contributed by atoms with Gasteiger partial charge >= 0.3 is 5.97 Å². The van der Waals surface area contributed by atoms with Crippen molar-refractivity contribution >= 4 is 11.9 Å². The van der Waals surface area contributed by atoms with Crippen LogP contribution in [-0.2, 0) is 14.3 Å². The van der Waals surface area contributed by atoms with Crippen LogP contribution in [0.25, 0.3) is 0 Å². The Hall–Kier alpha value is -1.40. The van der Waals surface area contributed by atoms with Crippen molar-refractivity contribution in [3.8, 4) is 0 Å². The molecule has 0 heterocycles. The van der Waals surface area contributed by atoms with Crippen LogP contribution in [0.4, 0.5) is 0 Å². The van der Waals surface area contributed by atoms with Crippen molar-refractivity contribution in [2.45, 2.75) is 6.10 Å². The third-order valence-corrected chi connectivity index (χ3v) is 1.54. The molecule has 15 heavy (non-hydrogen) atoms. The number of hydrogen-bond acceptors (Lipinski definition) is 5. The number of rotatable bonds is 7. The Morgan fingerprint density at radius 1 is 1.60 bits per heavy atom. The summed E-state index contributed by atoms with van der Waals surface area (Å²) in [6.45, 7) is 3.95. The van der Waals surface area contributed by atoms with Crippen molar-refractivity contribution in [2.24, 2.45) is 0 Å². The van der Waals surface area contributed by atoms with E-state index >= 15 is 0 Å². The van der Waals surface area contributed by atoms with Crippen LogP contribution in [0.5, 0.6) is 0 Å². The summed E-state index contributed by atoms with van der Waals surface area (Å²) in [7, 11) is 1.17. The molecule has 6 heteroatoms. The third-order valence-electron chi connectivity index (χ3n) is 1.54. The lowest BCUT2D eigenvalue weighted by Crippen LogP contribution is -2.41. The molecular formula is C9H16N2O4. The van der Waals surface area contributed by atoms with Gasteiger partial charge in [-0.05, 0) is 0 Å². The molecule has 86 valence electrons. The highest BCUT2D eigenvalue weighted by Gasteiger charge is 2.15. The van der Waals surface area contributed by atoms with Crippen LogP contribution in [0.15, 0.2) is 12.7 Å². The van der Waals surface area contributed by atoms with Gasteiger partial charge in [-0.3, -0.25) is 4.79 Å². The molecule has 0 aromatic heterocycles.